The number of nitrogens with one attached hydrogen (secondary N) is 4. The highest BCUT2D eigenvalue weighted by Gasteiger charge is 2.68. The highest BCUT2D eigenvalue weighted by atomic mass is 32.2. The number of sulfonamides is 1. The van der Waals surface area contributed by atoms with E-state index in [0.717, 1.165) is 38.5 Å². The van der Waals surface area contributed by atoms with Crippen molar-refractivity contribution in [1.29, 1.82) is 0 Å². The van der Waals surface area contributed by atoms with Crippen molar-refractivity contribution in [2.75, 3.05) is 18.8 Å². The summed E-state index contributed by atoms with van der Waals surface area (Å²) in [6, 6.07) is -0.857. The molecule has 6 N–H and O–H groups in total. The van der Waals surface area contributed by atoms with Crippen molar-refractivity contribution in [1.82, 2.24) is 20.8 Å². The molecule has 4 rings (SSSR count). The van der Waals surface area contributed by atoms with Gasteiger partial charge in [0.05, 0.1) is 23.4 Å². The minimum absolute atomic E-state index is 0.0296. The largest absolute Gasteiger partial charge is 0.481 e. The lowest BCUT2D eigenvalue weighted by atomic mass is 9.43. The minimum atomic E-state index is -3.19. The predicted molar refractivity (Wildman–Crippen MR) is 184 cm³/mol. The van der Waals surface area contributed by atoms with E-state index in [1.54, 1.807) is 12.3 Å². The molecule has 1 aliphatic heterocycles. The number of guanidine groups is 1. The number of hydrogen-bond donors (Lipinski definition) is 5. The molecule has 274 valence electrons. The zero-order valence-electron chi connectivity index (χ0n) is 29.6. The van der Waals surface area contributed by atoms with Crippen LogP contribution in [-0.2, 0) is 28.9 Å². The summed E-state index contributed by atoms with van der Waals surface area (Å²) >= 11 is 0. The van der Waals surface area contributed by atoms with E-state index >= 15 is 0 Å². The van der Waals surface area contributed by atoms with E-state index in [0.29, 0.717) is 37.6 Å². The van der Waals surface area contributed by atoms with Gasteiger partial charge in [-0.05, 0) is 82.0 Å². The first-order chi connectivity index (χ1) is 22.5. The summed E-state index contributed by atoms with van der Waals surface area (Å²) in [5, 5.41) is 15.8. The highest BCUT2D eigenvalue weighted by molar-refractivity contribution is 7.89. The Kier molecular flexibility index (Phi) is 14.5. The lowest BCUT2D eigenvalue weighted by Crippen LogP contribution is -2.65. The van der Waals surface area contributed by atoms with Gasteiger partial charge in [0, 0.05) is 19.5 Å². The molecule has 0 aromatic heterocycles. The third-order valence-corrected chi connectivity index (χ3v) is 11.8. The van der Waals surface area contributed by atoms with Crippen LogP contribution in [0.3, 0.4) is 0 Å². The molecule has 3 aliphatic carbocycles. The number of amides is 2. The summed E-state index contributed by atoms with van der Waals surface area (Å²) < 4.78 is 38.8. The molecule has 3 saturated carbocycles. The second kappa shape index (κ2) is 17.4. The smallest absolute Gasteiger partial charge is 0.404 e. The summed E-state index contributed by atoms with van der Waals surface area (Å²) in [5.74, 6) is -0.0718. The maximum absolute atomic E-state index is 13.8. The van der Waals surface area contributed by atoms with Crippen LogP contribution in [0.1, 0.15) is 112 Å². The number of carbonyl (C=O) groups excluding carboxylic acids is 2. The van der Waals surface area contributed by atoms with Crippen LogP contribution in [0.4, 0.5) is 0 Å². The van der Waals surface area contributed by atoms with Gasteiger partial charge in [0.15, 0.2) is 5.03 Å². The minimum Gasteiger partial charge on any atom is -0.404 e. The van der Waals surface area contributed by atoms with Crippen LogP contribution in [0.15, 0.2) is 4.99 Å². The van der Waals surface area contributed by atoms with Crippen molar-refractivity contribution in [3.8, 4) is 0 Å². The van der Waals surface area contributed by atoms with E-state index in [-0.39, 0.29) is 60.4 Å². The Morgan fingerprint density at radius 2 is 1.77 bits per heavy atom. The Hall–Kier alpha value is -2.50. The van der Waals surface area contributed by atoms with E-state index in [9.17, 15) is 28.1 Å². The molecule has 0 aromatic rings. The molecular formula is C31H58BN7O8S. The van der Waals surface area contributed by atoms with Crippen LogP contribution in [0.25, 0.3) is 0 Å². The van der Waals surface area contributed by atoms with E-state index in [1.807, 2.05) is 0 Å². The molecule has 4 aliphatic rings. The monoisotopic (exact) mass is 699 g/mol. The number of nitrogens with zero attached hydrogens (tertiary/aromatic N) is 2. The normalized spacial score (nSPS) is 25.9. The van der Waals surface area contributed by atoms with Gasteiger partial charge in [0.2, 0.25) is 21.8 Å². The lowest BCUT2D eigenvalue weighted by molar-refractivity contribution is -0.525. The summed E-state index contributed by atoms with van der Waals surface area (Å²) in [7, 11) is -3.79. The van der Waals surface area contributed by atoms with Crippen molar-refractivity contribution >= 4 is 34.9 Å². The second-order valence-electron chi connectivity index (χ2n) is 14.8. The number of nitro groups is 1. The Balaban J connectivity index is 1.58. The molecule has 15 nitrogen and oxygen atoms in total. The fourth-order valence-corrected chi connectivity index (χ4v) is 8.19. The van der Waals surface area contributed by atoms with Crippen LogP contribution in [0.2, 0.25) is 0 Å². The van der Waals surface area contributed by atoms with Gasteiger partial charge >= 0.3 is 7.12 Å². The van der Waals surface area contributed by atoms with Gasteiger partial charge in [-0.25, -0.2) is 28.2 Å². The molecule has 0 aromatic carbocycles. The number of aliphatic imine (C=N–C) groups is 1. The first-order valence-corrected chi connectivity index (χ1v) is 19.2. The van der Waals surface area contributed by atoms with Gasteiger partial charge in [0.1, 0.15) is 6.04 Å². The maximum atomic E-state index is 13.8. The van der Waals surface area contributed by atoms with E-state index in [4.69, 9.17) is 15.0 Å². The van der Waals surface area contributed by atoms with Crippen molar-refractivity contribution in [3.63, 3.8) is 0 Å². The molecule has 2 bridgehead atoms. The molecule has 6 atom stereocenters. The quantitative estimate of drug-likeness (QED) is 0.0294. The van der Waals surface area contributed by atoms with Crippen LogP contribution in [-0.4, -0.2) is 80.9 Å². The van der Waals surface area contributed by atoms with E-state index in [2.05, 4.69) is 55.0 Å². The van der Waals surface area contributed by atoms with Gasteiger partial charge in [-0.3, -0.25) is 9.59 Å². The average Bonchev–Trinajstić information content (AvgIpc) is 3.36. The first kappa shape index (κ1) is 39.9. The van der Waals surface area contributed by atoms with Crippen LogP contribution in [0.5, 0.6) is 0 Å². The van der Waals surface area contributed by atoms with Gasteiger partial charge in [-0.1, -0.05) is 52.4 Å². The number of carbonyl (C=O) groups is 2. The van der Waals surface area contributed by atoms with Gasteiger partial charge in [-0.15, -0.1) is 0 Å². The number of hydrazine groups is 1. The number of unbranched alkanes of at least 4 members (excludes halogenated alkanes) is 4. The Labute approximate surface area is 286 Å². The van der Waals surface area contributed by atoms with Crippen molar-refractivity contribution in [2.24, 2.45) is 33.9 Å². The molecule has 0 unspecified atom stereocenters. The van der Waals surface area contributed by atoms with E-state index in [1.165, 1.54) is 0 Å². The third kappa shape index (κ3) is 11.0. The molecule has 2 amide bonds. The fourth-order valence-electron chi connectivity index (χ4n) is 7.53. The zero-order chi connectivity index (χ0) is 35.7. The molecule has 4 fully saturated rings. The molecule has 1 heterocycles. The lowest BCUT2D eigenvalue weighted by Gasteiger charge is -2.64. The van der Waals surface area contributed by atoms with Crippen LogP contribution >= 0.6 is 0 Å². The van der Waals surface area contributed by atoms with Gasteiger partial charge in [-0.2, -0.15) is 0 Å². The highest BCUT2D eigenvalue weighted by Crippen LogP contribution is 2.65. The average molecular weight is 700 g/mol. The maximum Gasteiger partial charge on any atom is 0.481 e. The molecule has 1 saturated heterocycles. The predicted octanol–water partition coefficient (Wildman–Crippen LogP) is 2.43. The molecule has 0 radical (unpaired) electrons. The Morgan fingerprint density at radius 1 is 1.08 bits per heavy atom. The second-order valence-corrected chi connectivity index (χ2v) is 16.9. The third-order valence-electron chi connectivity index (χ3n) is 10.4. The van der Waals surface area contributed by atoms with Crippen LogP contribution in [0, 0.1) is 33.3 Å². The molecular weight excluding hydrogens is 641 g/mol. The standard InChI is InChI=1S/C31H58BN7O8S/c1-7-48(44,45)35-17-12-10-8-9-11-15-27(40)36-23(14-13-16-34-29(33)38-39(42)43)28(41)37-26(18-21(2)3)32-46-25-20-22-19-24(30(22,4)5)31(25,6)47-32/h21-26,35H,7-20H2,1-6H3,(H,36,40)(H,37,41)(H3,33,34,38)/t22-,23+,24-,25-,26+,31+/m1/s1. The van der Waals surface area contributed by atoms with Crippen molar-refractivity contribution < 1.29 is 32.3 Å². The SMILES string of the molecule is CCS(=O)(=O)NCCCCCCCC(=O)N[C@@H](CCCN=C(N)N[N+](=O)[O-])C(=O)N[C@@H](CC(C)C)B1O[C@@H]2C[C@H]3C[C@H](C3(C)C)[C@]2(C)O1. The Morgan fingerprint density at radius 3 is 2.42 bits per heavy atom. The number of hydrogen-bond acceptors (Lipinski definition) is 9. The molecule has 17 heteroatoms. The van der Waals surface area contributed by atoms with Crippen LogP contribution < -0.4 is 26.5 Å². The summed E-state index contributed by atoms with van der Waals surface area (Å²) in [6.45, 7) is 13.0. The van der Waals surface area contributed by atoms with Gasteiger partial charge < -0.3 is 25.7 Å². The number of rotatable bonds is 21. The zero-order valence-corrected chi connectivity index (χ0v) is 30.4. The summed E-state index contributed by atoms with van der Waals surface area (Å²) in [4.78, 5) is 41.3. The first-order valence-electron chi connectivity index (χ1n) is 17.6. The van der Waals surface area contributed by atoms with E-state index < -0.39 is 39.8 Å². The number of nitrogens with two attached hydrogens (primary N) is 1. The summed E-state index contributed by atoms with van der Waals surface area (Å²) in [6.07, 6.45) is 7.36. The summed E-state index contributed by atoms with van der Waals surface area (Å²) in [5.41, 5.74) is 7.08. The molecule has 0 spiro atoms. The Bertz CT molecular complexity index is 1250. The van der Waals surface area contributed by atoms with Crippen molar-refractivity contribution in [2.45, 2.75) is 136 Å². The molecule has 48 heavy (non-hydrogen) atoms. The topological polar surface area (TPSA) is 216 Å². The van der Waals surface area contributed by atoms with Crippen molar-refractivity contribution in [3.05, 3.63) is 10.1 Å². The fraction of sp³-hybridized carbons (Fsp3) is 0.903. The van der Waals surface area contributed by atoms with Gasteiger partial charge in [0.25, 0.3) is 5.96 Å².